The van der Waals surface area contributed by atoms with Crippen LogP contribution in [-0.4, -0.2) is 37.2 Å². The second-order valence-electron chi connectivity index (χ2n) is 6.14. The second-order valence-corrected chi connectivity index (χ2v) is 6.14. The molecule has 0 radical (unpaired) electrons. The summed E-state index contributed by atoms with van der Waals surface area (Å²) in [5.41, 5.74) is 1.25. The van der Waals surface area contributed by atoms with E-state index in [2.05, 4.69) is 23.3 Å². The van der Waals surface area contributed by atoms with E-state index < -0.39 is 0 Å². The maximum absolute atomic E-state index is 5.80. The van der Waals surface area contributed by atoms with Crippen molar-refractivity contribution in [2.45, 2.75) is 57.3 Å². The molecule has 0 aromatic carbocycles. The van der Waals surface area contributed by atoms with Gasteiger partial charge in [-0.25, -0.2) is 0 Å². The summed E-state index contributed by atoms with van der Waals surface area (Å²) in [7, 11) is 2.21. The van der Waals surface area contributed by atoms with E-state index in [1.165, 1.54) is 37.8 Å². The Hall–Kier alpha value is -0.840. The average molecular weight is 278 g/mol. The molecule has 4 heteroatoms. The fourth-order valence-electron chi connectivity index (χ4n) is 2.92. The van der Waals surface area contributed by atoms with Gasteiger partial charge < -0.3 is 19.4 Å². The van der Waals surface area contributed by atoms with Crippen molar-refractivity contribution in [3.8, 4) is 0 Å². The zero-order valence-electron chi connectivity index (χ0n) is 12.4. The lowest BCUT2D eigenvalue weighted by atomic mass is 10.1. The molecule has 0 bridgehead atoms. The maximum atomic E-state index is 5.80. The molecule has 0 spiro atoms. The molecular formula is C16H26N2O2. The standard InChI is InChI=1S/C16H26N2O2/c1-18-8-2-3-15(18)7-9-19-12-16-13(6-10-20-16)11-17-14-4-5-14/h6,10,14-15,17H,2-5,7-9,11-12H2,1H3. The van der Waals surface area contributed by atoms with Gasteiger partial charge in [-0.3, -0.25) is 0 Å². The number of hydrogen-bond donors (Lipinski definition) is 1. The molecule has 3 rings (SSSR count). The Balaban J connectivity index is 1.36. The third-order valence-corrected chi connectivity index (χ3v) is 4.50. The summed E-state index contributed by atoms with van der Waals surface area (Å²) in [6, 6.07) is 3.50. The minimum absolute atomic E-state index is 0.602. The molecule has 1 unspecified atom stereocenters. The predicted molar refractivity (Wildman–Crippen MR) is 78.5 cm³/mol. The highest BCUT2D eigenvalue weighted by molar-refractivity contribution is 5.16. The van der Waals surface area contributed by atoms with E-state index in [0.29, 0.717) is 12.6 Å². The number of nitrogens with zero attached hydrogens (tertiary/aromatic N) is 1. The van der Waals surface area contributed by atoms with Crippen LogP contribution in [0.4, 0.5) is 0 Å². The van der Waals surface area contributed by atoms with Crippen LogP contribution in [0.3, 0.4) is 0 Å². The minimum atomic E-state index is 0.602. The maximum Gasteiger partial charge on any atom is 0.133 e. The number of rotatable bonds is 8. The topological polar surface area (TPSA) is 37.6 Å². The fourth-order valence-corrected chi connectivity index (χ4v) is 2.92. The third-order valence-electron chi connectivity index (χ3n) is 4.50. The van der Waals surface area contributed by atoms with Gasteiger partial charge in [0, 0.05) is 30.8 Å². The highest BCUT2D eigenvalue weighted by Gasteiger charge is 2.21. The Kier molecular flexibility index (Phi) is 4.76. The smallest absolute Gasteiger partial charge is 0.133 e. The molecule has 4 nitrogen and oxygen atoms in total. The average Bonchev–Trinajstić information content (AvgIpc) is 3.03. The van der Waals surface area contributed by atoms with Gasteiger partial charge in [0.25, 0.3) is 0 Å². The summed E-state index contributed by atoms with van der Waals surface area (Å²) in [5.74, 6) is 0.984. The number of hydrogen-bond acceptors (Lipinski definition) is 4. The molecule has 1 saturated carbocycles. The zero-order valence-corrected chi connectivity index (χ0v) is 12.4. The second kappa shape index (κ2) is 6.74. The molecule has 1 aromatic heterocycles. The molecule has 2 heterocycles. The van der Waals surface area contributed by atoms with Crippen LogP contribution < -0.4 is 5.32 Å². The van der Waals surface area contributed by atoms with E-state index in [-0.39, 0.29) is 0 Å². The molecule has 1 atom stereocenters. The van der Waals surface area contributed by atoms with E-state index in [1.807, 2.05) is 0 Å². The first-order valence-corrected chi connectivity index (χ1v) is 7.89. The predicted octanol–water partition coefficient (Wildman–Crippen LogP) is 2.53. The Morgan fingerprint density at radius 2 is 2.30 bits per heavy atom. The molecule has 2 fully saturated rings. The fraction of sp³-hybridized carbons (Fsp3) is 0.750. The zero-order chi connectivity index (χ0) is 13.8. The van der Waals surface area contributed by atoms with Crippen molar-refractivity contribution in [1.82, 2.24) is 10.2 Å². The summed E-state index contributed by atoms with van der Waals surface area (Å²) in [6.07, 6.45) is 8.19. The SMILES string of the molecule is CN1CCCC1CCOCc1occc1CNC1CC1. The van der Waals surface area contributed by atoms with Crippen molar-refractivity contribution in [2.24, 2.45) is 0 Å². The van der Waals surface area contributed by atoms with Gasteiger partial charge in [0.15, 0.2) is 0 Å². The van der Waals surface area contributed by atoms with Crippen LogP contribution in [-0.2, 0) is 17.9 Å². The van der Waals surface area contributed by atoms with Crippen molar-refractivity contribution in [3.05, 3.63) is 23.7 Å². The van der Waals surface area contributed by atoms with Crippen molar-refractivity contribution >= 4 is 0 Å². The normalized spacial score (nSPS) is 23.6. The van der Waals surface area contributed by atoms with Gasteiger partial charge in [-0.15, -0.1) is 0 Å². The molecule has 20 heavy (non-hydrogen) atoms. The third kappa shape index (κ3) is 3.84. The lowest BCUT2D eigenvalue weighted by molar-refractivity contribution is 0.0887. The largest absolute Gasteiger partial charge is 0.467 e. The highest BCUT2D eigenvalue weighted by atomic mass is 16.5. The summed E-state index contributed by atoms with van der Waals surface area (Å²) >= 11 is 0. The Bertz CT molecular complexity index is 414. The van der Waals surface area contributed by atoms with Gasteiger partial charge in [-0.2, -0.15) is 0 Å². The lowest BCUT2D eigenvalue weighted by Crippen LogP contribution is -2.26. The van der Waals surface area contributed by atoms with Crippen LogP contribution in [0.2, 0.25) is 0 Å². The molecule has 0 amide bonds. The van der Waals surface area contributed by atoms with Crippen molar-refractivity contribution in [1.29, 1.82) is 0 Å². The van der Waals surface area contributed by atoms with E-state index in [0.717, 1.165) is 31.4 Å². The molecule has 1 aliphatic heterocycles. The summed E-state index contributed by atoms with van der Waals surface area (Å²) in [6.45, 7) is 3.57. The highest BCUT2D eigenvalue weighted by Crippen LogP contribution is 2.21. The monoisotopic (exact) mass is 278 g/mol. The van der Waals surface area contributed by atoms with Crippen molar-refractivity contribution in [3.63, 3.8) is 0 Å². The first-order valence-electron chi connectivity index (χ1n) is 7.89. The van der Waals surface area contributed by atoms with E-state index in [9.17, 15) is 0 Å². The van der Waals surface area contributed by atoms with Gasteiger partial charge in [0.1, 0.15) is 12.4 Å². The first-order chi connectivity index (χ1) is 9.83. The van der Waals surface area contributed by atoms with E-state index in [4.69, 9.17) is 9.15 Å². The van der Waals surface area contributed by atoms with Crippen molar-refractivity contribution in [2.75, 3.05) is 20.2 Å². The Morgan fingerprint density at radius 3 is 3.05 bits per heavy atom. The summed E-state index contributed by atoms with van der Waals surface area (Å²) in [4.78, 5) is 2.45. The Labute approximate surface area is 121 Å². The first kappa shape index (κ1) is 14.1. The molecule has 2 aliphatic rings. The number of nitrogens with one attached hydrogen (secondary N) is 1. The van der Waals surface area contributed by atoms with E-state index in [1.54, 1.807) is 6.26 Å². The van der Waals surface area contributed by atoms with Gasteiger partial charge in [-0.05, 0) is 51.8 Å². The van der Waals surface area contributed by atoms with Crippen LogP contribution >= 0.6 is 0 Å². The minimum Gasteiger partial charge on any atom is -0.467 e. The van der Waals surface area contributed by atoms with Gasteiger partial charge >= 0.3 is 0 Å². The quantitative estimate of drug-likeness (QED) is 0.742. The molecule has 1 N–H and O–H groups in total. The summed E-state index contributed by atoms with van der Waals surface area (Å²) in [5, 5.41) is 3.52. The van der Waals surface area contributed by atoms with Crippen LogP contribution in [0.5, 0.6) is 0 Å². The van der Waals surface area contributed by atoms with Crippen LogP contribution in [0.25, 0.3) is 0 Å². The summed E-state index contributed by atoms with van der Waals surface area (Å²) < 4.78 is 11.3. The van der Waals surface area contributed by atoms with E-state index >= 15 is 0 Å². The molecule has 1 aliphatic carbocycles. The molecular weight excluding hydrogens is 252 g/mol. The Morgan fingerprint density at radius 1 is 1.40 bits per heavy atom. The van der Waals surface area contributed by atoms with Crippen LogP contribution in [0.15, 0.2) is 16.7 Å². The van der Waals surface area contributed by atoms with Gasteiger partial charge in [0.2, 0.25) is 0 Å². The van der Waals surface area contributed by atoms with Gasteiger partial charge in [-0.1, -0.05) is 0 Å². The van der Waals surface area contributed by atoms with Gasteiger partial charge in [0.05, 0.1) is 6.26 Å². The molecule has 1 saturated heterocycles. The van der Waals surface area contributed by atoms with Crippen LogP contribution in [0, 0.1) is 0 Å². The molecule has 112 valence electrons. The number of furan rings is 1. The number of ether oxygens (including phenoxy) is 1. The van der Waals surface area contributed by atoms with Crippen LogP contribution in [0.1, 0.15) is 43.4 Å². The molecule has 1 aromatic rings. The lowest BCUT2D eigenvalue weighted by Gasteiger charge is -2.18. The number of likely N-dealkylation sites (tertiary alicyclic amines) is 1. The van der Waals surface area contributed by atoms with Crippen molar-refractivity contribution < 1.29 is 9.15 Å².